The highest BCUT2D eigenvalue weighted by atomic mass is 16.3. The van der Waals surface area contributed by atoms with Crippen LogP contribution in [0.25, 0.3) is 0 Å². The summed E-state index contributed by atoms with van der Waals surface area (Å²) in [7, 11) is 1.68. The molecule has 0 radical (unpaired) electrons. The molecule has 0 saturated heterocycles. The molecule has 0 rings (SSSR count). The maximum atomic E-state index is 11.4. The number of carbonyl (C=O) groups is 1. The number of hydrogen-bond acceptors (Lipinski definition) is 3. The number of ketones is 1. The molecule has 66 valence electrons. The molecule has 3 heteroatoms. The highest BCUT2D eigenvalue weighted by Gasteiger charge is 2.31. The fraction of sp³-hybridized carbons (Fsp3) is 0.875. The third-order valence-corrected chi connectivity index (χ3v) is 1.94. The summed E-state index contributed by atoms with van der Waals surface area (Å²) in [6.45, 7) is 5.21. The Hall–Kier alpha value is -0.410. The molecular weight excluding hydrogens is 142 g/mol. The smallest absolute Gasteiger partial charge is 0.157 e. The van der Waals surface area contributed by atoms with Crippen LogP contribution in [0.2, 0.25) is 0 Å². The summed E-state index contributed by atoms with van der Waals surface area (Å²) in [5, 5.41) is 11.7. The number of aliphatic hydroxyl groups is 1. The summed E-state index contributed by atoms with van der Waals surface area (Å²) >= 11 is 0. The molecular formula is C8H17NO2. The van der Waals surface area contributed by atoms with Crippen LogP contribution >= 0.6 is 0 Å². The van der Waals surface area contributed by atoms with Gasteiger partial charge in [-0.3, -0.25) is 4.79 Å². The number of aliphatic hydroxyl groups excluding tert-OH is 1. The highest BCUT2D eigenvalue weighted by molar-refractivity contribution is 5.89. The molecule has 11 heavy (non-hydrogen) atoms. The Labute approximate surface area is 67.8 Å². The van der Waals surface area contributed by atoms with E-state index >= 15 is 0 Å². The van der Waals surface area contributed by atoms with Gasteiger partial charge < -0.3 is 10.4 Å². The van der Waals surface area contributed by atoms with Crippen LogP contribution < -0.4 is 5.32 Å². The average Bonchev–Trinajstić information content (AvgIpc) is 2.01. The van der Waals surface area contributed by atoms with Gasteiger partial charge in [0.15, 0.2) is 5.78 Å². The predicted molar refractivity (Wildman–Crippen MR) is 44.4 cm³/mol. The largest absolute Gasteiger partial charge is 0.394 e. The third-order valence-electron chi connectivity index (χ3n) is 1.94. The summed E-state index contributed by atoms with van der Waals surface area (Å²) in [5.41, 5.74) is -0.770. The van der Waals surface area contributed by atoms with Gasteiger partial charge in [-0.15, -0.1) is 0 Å². The Balaban J connectivity index is 4.37. The normalized spacial score (nSPS) is 16.5. The van der Waals surface area contributed by atoms with Gasteiger partial charge in [0.05, 0.1) is 12.1 Å². The van der Waals surface area contributed by atoms with E-state index in [1.807, 2.05) is 13.8 Å². The van der Waals surface area contributed by atoms with E-state index < -0.39 is 5.54 Å². The number of hydrogen-bond donors (Lipinski definition) is 2. The first-order valence-electron chi connectivity index (χ1n) is 3.82. The molecule has 0 aromatic rings. The monoisotopic (exact) mass is 159 g/mol. The number of nitrogens with one attached hydrogen (secondary N) is 1. The molecule has 0 aliphatic heterocycles. The van der Waals surface area contributed by atoms with Gasteiger partial charge in [0, 0.05) is 5.92 Å². The van der Waals surface area contributed by atoms with Crippen LogP contribution in [0.15, 0.2) is 0 Å². The van der Waals surface area contributed by atoms with E-state index in [4.69, 9.17) is 5.11 Å². The minimum absolute atomic E-state index is 0.0420. The molecule has 1 atom stereocenters. The van der Waals surface area contributed by atoms with E-state index in [1.165, 1.54) is 0 Å². The molecule has 0 aliphatic carbocycles. The maximum absolute atomic E-state index is 11.4. The Morgan fingerprint density at radius 3 is 2.18 bits per heavy atom. The fourth-order valence-electron chi connectivity index (χ4n) is 0.917. The van der Waals surface area contributed by atoms with Gasteiger partial charge in [0.25, 0.3) is 0 Å². The van der Waals surface area contributed by atoms with Crippen molar-refractivity contribution >= 4 is 5.78 Å². The van der Waals surface area contributed by atoms with Crippen LogP contribution in [-0.4, -0.2) is 30.1 Å². The summed E-state index contributed by atoms with van der Waals surface area (Å²) in [6, 6.07) is 0. The van der Waals surface area contributed by atoms with Crippen LogP contribution in [0.4, 0.5) is 0 Å². The van der Waals surface area contributed by atoms with E-state index in [0.717, 1.165) is 0 Å². The van der Waals surface area contributed by atoms with Gasteiger partial charge in [0.2, 0.25) is 0 Å². The van der Waals surface area contributed by atoms with Crippen LogP contribution in [0.3, 0.4) is 0 Å². The Morgan fingerprint density at radius 1 is 1.64 bits per heavy atom. The fourth-order valence-corrected chi connectivity index (χ4v) is 0.917. The van der Waals surface area contributed by atoms with Gasteiger partial charge in [-0.1, -0.05) is 13.8 Å². The lowest BCUT2D eigenvalue weighted by atomic mass is 9.90. The summed E-state index contributed by atoms with van der Waals surface area (Å²) < 4.78 is 0. The van der Waals surface area contributed by atoms with Crippen molar-refractivity contribution in [3.05, 3.63) is 0 Å². The molecule has 0 amide bonds. The topological polar surface area (TPSA) is 49.3 Å². The van der Waals surface area contributed by atoms with Gasteiger partial charge in [0.1, 0.15) is 0 Å². The van der Waals surface area contributed by atoms with Crippen molar-refractivity contribution in [3.63, 3.8) is 0 Å². The quantitative estimate of drug-likeness (QED) is 0.615. The Bertz CT molecular complexity index is 139. The molecule has 0 spiro atoms. The lowest BCUT2D eigenvalue weighted by Crippen LogP contribution is -2.52. The zero-order valence-electron chi connectivity index (χ0n) is 7.64. The molecule has 0 aromatic carbocycles. The summed E-state index contributed by atoms with van der Waals surface area (Å²) in [6.07, 6.45) is 0. The van der Waals surface area contributed by atoms with Crippen molar-refractivity contribution in [2.45, 2.75) is 26.3 Å². The molecule has 0 bridgehead atoms. The second kappa shape index (κ2) is 3.83. The average molecular weight is 159 g/mol. The van der Waals surface area contributed by atoms with Crippen molar-refractivity contribution in [3.8, 4) is 0 Å². The third kappa shape index (κ3) is 2.27. The minimum atomic E-state index is -0.770. The van der Waals surface area contributed by atoms with Crippen molar-refractivity contribution in [2.75, 3.05) is 13.7 Å². The first kappa shape index (κ1) is 10.6. The molecule has 0 unspecified atom stereocenters. The zero-order valence-corrected chi connectivity index (χ0v) is 7.64. The van der Waals surface area contributed by atoms with Crippen LogP contribution in [0.1, 0.15) is 20.8 Å². The standard InChI is InChI=1S/C8H17NO2/c1-6(2)7(11)8(3,5-10)9-4/h6,9-10H,5H2,1-4H3/t8-/m0/s1. The van der Waals surface area contributed by atoms with Crippen LogP contribution in [0.5, 0.6) is 0 Å². The van der Waals surface area contributed by atoms with E-state index in [9.17, 15) is 4.79 Å². The highest BCUT2D eigenvalue weighted by Crippen LogP contribution is 2.10. The van der Waals surface area contributed by atoms with E-state index in [-0.39, 0.29) is 18.3 Å². The number of rotatable bonds is 4. The van der Waals surface area contributed by atoms with Gasteiger partial charge >= 0.3 is 0 Å². The van der Waals surface area contributed by atoms with Gasteiger partial charge in [-0.05, 0) is 14.0 Å². The number of likely N-dealkylation sites (N-methyl/N-ethyl adjacent to an activating group) is 1. The first-order valence-corrected chi connectivity index (χ1v) is 3.82. The van der Waals surface area contributed by atoms with Crippen molar-refractivity contribution in [1.29, 1.82) is 0 Å². The molecule has 0 heterocycles. The molecule has 2 N–H and O–H groups in total. The maximum Gasteiger partial charge on any atom is 0.157 e. The minimum Gasteiger partial charge on any atom is -0.394 e. The van der Waals surface area contributed by atoms with Crippen molar-refractivity contribution in [2.24, 2.45) is 5.92 Å². The summed E-state index contributed by atoms with van der Waals surface area (Å²) in [4.78, 5) is 11.4. The molecule has 0 fully saturated rings. The van der Waals surface area contributed by atoms with E-state index in [1.54, 1.807) is 14.0 Å². The van der Waals surface area contributed by atoms with Gasteiger partial charge in [-0.25, -0.2) is 0 Å². The SMILES string of the molecule is CN[C@@](C)(CO)C(=O)C(C)C. The lowest BCUT2D eigenvalue weighted by molar-refractivity contribution is -0.129. The summed E-state index contributed by atoms with van der Waals surface area (Å²) in [5.74, 6) is 0.00194. The molecule has 0 aromatic heterocycles. The van der Waals surface area contributed by atoms with Gasteiger partial charge in [-0.2, -0.15) is 0 Å². The van der Waals surface area contributed by atoms with Crippen LogP contribution in [0, 0.1) is 5.92 Å². The van der Waals surface area contributed by atoms with Crippen molar-refractivity contribution in [1.82, 2.24) is 5.32 Å². The molecule has 3 nitrogen and oxygen atoms in total. The Kier molecular flexibility index (Phi) is 3.69. The number of Topliss-reactive ketones (excluding diaryl/α,β-unsaturated/α-hetero) is 1. The second-order valence-corrected chi connectivity index (χ2v) is 3.26. The van der Waals surface area contributed by atoms with E-state index in [2.05, 4.69) is 5.32 Å². The molecule has 0 saturated carbocycles. The predicted octanol–water partition coefficient (Wildman–Crippen LogP) is 0.182. The zero-order chi connectivity index (χ0) is 9.07. The van der Waals surface area contributed by atoms with Crippen molar-refractivity contribution < 1.29 is 9.90 Å². The Morgan fingerprint density at radius 2 is 2.09 bits per heavy atom. The second-order valence-electron chi connectivity index (χ2n) is 3.26. The van der Waals surface area contributed by atoms with E-state index in [0.29, 0.717) is 0 Å². The first-order chi connectivity index (χ1) is 4.98. The lowest BCUT2D eigenvalue weighted by Gasteiger charge is -2.26. The molecule has 0 aliphatic rings. The van der Waals surface area contributed by atoms with Crippen LogP contribution in [-0.2, 0) is 4.79 Å². The number of carbonyl (C=O) groups excluding carboxylic acids is 1.